The second-order valence-corrected chi connectivity index (χ2v) is 15.9. The number of nitrogens with one attached hydrogen (secondary N) is 2. The molecule has 53 heavy (non-hydrogen) atoms. The smallest absolute Gasteiger partial charge is 0.352 e. The highest BCUT2D eigenvalue weighted by Crippen LogP contribution is 2.41. The van der Waals surface area contributed by atoms with Crippen LogP contribution in [0.15, 0.2) is 58.0 Å². The highest BCUT2D eigenvalue weighted by molar-refractivity contribution is 8.00. The molecule has 3 aromatic heterocycles. The van der Waals surface area contributed by atoms with Crippen molar-refractivity contribution in [1.82, 2.24) is 30.3 Å². The molecule has 4 amide bonds. The predicted molar refractivity (Wildman–Crippen MR) is 194 cm³/mol. The number of oxime groups is 1. The molecule has 0 unspecified atom stereocenters. The van der Waals surface area contributed by atoms with Gasteiger partial charge in [-0.2, -0.15) is 4.57 Å². The van der Waals surface area contributed by atoms with Gasteiger partial charge in [-0.05, 0) is 56.2 Å². The Hall–Kier alpha value is -5.21. The SMILES string of the molecule is Cc1nnc(NC(=O)C[n+]2ccc(CN3CCC(=CC4=C(C(=O)O)N5C(=O)[C@@H](NC(=O)C(=NOC6CCCC6)c6csc(N)n6)[C@H]5SC4)C3=O)cc2)s1. The van der Waals surface area contributed by atoms with Crippen molar-refractivity contribution in [3.8, 4) is 0 Å². The van der Waals surface area contributed by atoms with E-state index in [0.29, 0.717) is 35.8 Å². The molecule has 2 atom stereocenters. The van der Waals surface area contributed by atoms with Crippen molar-refractivity contribution in [3.63, 3.8) is 0 Å². The molecule has 2 saturated heterocycles. The van der Waals surface area contributed by atoms with Gasteiger partial charge in [-0.25, -0.2) is 9.78 Å². The molecule has 4 aliphatic rings. The summed E-state index contributed by atoms with van der Waals surface area (Å²) >= 11 is 3.72. The maximum atomic E-state index is 13.4. The number of carboxylic acids is 1. The van der Waals surface area contributed by atoms with Crippen LogP contribution in [-0.4, -0.2) is 95.2 Å². The number of hydrogen-bond donors (Lipinski definition) is 4. The molecule has 3 aliphatic heterocycles. The van der Waals surface area contributed by atoms with Gasteiger partial charge in [0, 0.05) is 41.9 Å². The van der Waals surface area contributed by atoms with Gasteiger partial charge in [0.05, 0.1) is 0 Å². The standard InChI is InChI=1S/C33H34N10O7S3/c1-17-38-39-33(53-17)36-23(44)14-41-9-6-18(7-10-41)13-42-11-8-19(28(42)46)12-20-15-51-30-25(29(47)43(30)26(20)31(48)49)37-27(45)24(22-16-52-32(34)35-22)40-50-21-4-2-3-5-21/h6-7,9-10,12,16,21,25,30H,2-5,8,11,13-15H2,1H3,(H4-,34,35,36,37,39,44,45,48,49)/p+1/t25-,30-/m1/s1. The quantitative estimate of drug-likeness (QED) is 0.0676. The van der Waals surface area contributed by atoms with Crippen LogP contribution in [-0.2, 0) is 41.9 Å². The summed E-state index contributed by atoms with van der Waals surface area (Å²) < 4.78 is 1.71. The minimum atomic E-state index is -1.31. The normalized spacial score (nSPS) is 21.2. The number of nitrogen functional groups attached to an aromatic ring is 1. The zero-order valence-corrected chi connectivity index (χ0v) is 30.8. The molecule has 0 bridgehead atoms. The summed E-state index contributed by atoms with van der Waals surface area (Å²) in [5.74, 6) is -2.85. The van der Waals surface area contributed by atoms with Crippen LogP contribution in [0.2, 0.25) is 0 Å². The Kier molecular flexibility index (Phi) is 10.5. The number of aliphatic carboxylic acids is 1. The van der Waals surface area contributed by atoms with Crippen molar-refractivity contribution in [1.29, 1.82) is 0 Å². The van der Waals surface area contributed by atoms with Gasteiger partial charge in [-0.3, -0.25) is 29.4 Å². The number of pyridine rings is 1. The minimum Gasteiger partial charge on any atom is -0.477 e. The summed E-state index contributed by atoms with van der Waals surface area (Å²) in [5, 5.41) is 29.8. The number of allylic oxidation sites excluding steroid dienone is 1. The molecule has 3 aromatic rings. The van der Waals surface area contributed by atoms with Gasteiger partial charge in [0.1, 0.15) is 33.9 Å². The summed E-state index contributed by atoms with van der Waals surface area (Å²) in [4.78, 5) is 77.8. The zero-order chi connectivity index (χ0) is 37.2. The van der Waals surface area contributed by atoms with Gasteiger partial charge in [0.2, 0.25) is 17.6 Å². The fourth-order valence-corrected chi connectivity index (χ4v) is 8.90. The van der Waals surface area contributed by atoms with Crippen LogP contribution < -0.4 is 20.9 Å². The number of carboxylic acid groups (broad SMARTS) is 1. The molecule has 20 heteroatoms. The molecule has 1 aliphatic carbocycles. The molecule has 7 rings (SSSR count). The van der Waals surface area contributed by atoms with E-state index in [-0.39, 0.29) is 52.5 Å². The van der Waals surface area contributed by atoms with Crippen LogP contribution >= 0.6 is 34.4 Å². The van der Waals surface area contributed by atoms with Crippen LogP contribution in [0.1, 0.15) is 48.4 Å². The van der Waals surface area contributed by atoms with Crippen molar-refractivity contribution in [2.75, 3.05) is 23.3 Å². The third-order valence-electron chi connectivity index (χ3n) is 9.06. The van der Waals surface area contributed by atoms with Crippen LogP contribution in [0.25, 0.3) is 0 Å². The Bertz CT molecular complexity index is 2050. The van der Waals surface area contributed by atoms with Crippen molar-refractivity contribution >= 4 is 80.0 Å². The summed E-state index contributed by atoms with van der Waals surface area (Å²) in [6, 6.07) is 2.65. The van der Waals surface area contributed by atoms with E-state index in [0.717, 1.165) is 52.5 Å². The number of aryl methyl sites for hydroxylation is 1. The van der Waals surface area contributed by atoms with E-state index in [1.807, 2.05) is 12.1 Å². The number of nitrogens with two attached hydrogens (primary N) is 1. The summed E-state index contributed by atoms with van der Waals surface area (Å²) in [7, 11) is 0. The van der Waals surface area contributed by atoms with Gasteiger partial charge in [-0.1, -0.05) is 16.5 Å². The van der Waals surface area contributed by atoms with E-state index >= 15 is 0 Å². The van der Waals surface area contributed by atoms with Crippen molar-refractivity contribution < 1.29 is 38.5 Å². The molecule has 1 saturated carbocycles. The second kappa shape index (κ2) is 15.4. The van der Waals surface area contributed by atoms with E-state index < -0.39 is 29.2 Å². The number of hydrogen-bond acceptors (Lipinski definition) is 14. The number of carbonyl (C=O) groups is 5. The number of thiazole rings is 1. The van der Waals surface area contributed by atoms with Crippen LogP contribution in [0.3, 0.4) is 0 Å². The largest absolute Gasteiger partial charge is 0.477 e. The number of anilines is 2. The number of nitrogens with zero attached hydrogens (tertiary/aromatic N) is 7. The van der Waals surface area contributed by atoms with Gasteiger partial charge in [0.15, 0.2) is 23.2 Å². The van der Waals surface area contributed by atoms with Crippen LogP contribution in [0.5, 0.6) is 0 Å². The summed E-state index contributed by atoms with van der Waals surface area (Å²) in [6.07, 6.45) is 9.02. The number of aromatic nitrogens is 4. The average Bonchev–Trinajstić information content (AvgIpc) is 3.96. The molecular formula is C33H35N10O7S3+. The summed E-state index contributed by atoms with van der Waals surface area (Å²) in [6.45, 7) is 2.64. The topological polar surface area (TPSA) is 226 Å². The maximum Gasteiger partial charge on any atom is 0.352 e. The lowest BCUT2D eigenvalue weighted by molar-refractivity contribution is -0.684. The van der Waals surface area contributed by atoms with Gasteiger partial charge >= 0.3 is 5.97 Å². The lowest BCUT2D eigenvalue weighted by atomic mass is 10.0. The highest BCUT2D eigenvalue weighted by atomic mass is 32.2. The Morgan fingerprint density at radius 3 is 2.64 bits per heavy atom. The molecule has 6 heterocycles. The number of β-lactam (4-membered cyclic amide) rings is 1. The first-order valence-corrected chi connectivity index (χ1v) is 19.5. The maximum absolute atomic E-state index is 13.4. The lowest BCUT2D eigenvalue weighted by Crippen LogP contribution is -2.71. The molecular weight excluding hydrogens is 745 g/mol. The van der Waals surface area contributed by atoms with E-state index in [9.17, 15) is 29.1 Å². The first-order chi connectivity index (χ1) is 25.5. The Morgan fingerprint density at radius 2 is 1.96 bits per heavy atom. The molecule has 0 aromatic carbocycles. The number of carbonyl (C=O) groups excluding carboxylic acids is 4. The zero-order valence-electron chi connectivity index (χ0n) is 28.4. The van der Waals surface area contributed by atoms with Crippen LogP contribution in [0.4, 0.5) is 10.3 Å². The third kappa shape index (κ3) is 7.93. The highest BCUT2D eigenvalue weighted by Gasteiger charge is 2.54. The molecule has 5 N–H and O–H groups in total. The number of amides is 4. The molecule has 3 fully saturated rings. The van der Waals surface area contributed by atoms with E-state index in [2.05, 4.69) is 31.0 Å². The Balaban J connectivity index is 0.986. The average molecular weight is 780 g/mol. The predicted octanol–water partition coefficient (Wildman–Crippen LogP) is 1.57. The third-order valence-corrected chi connectivity index (χ3v) is 11.8. The fraction of sp³-hybridized carbons (Fsp3) is 0.394. The van der Waals surface area contributed by atoms with Crippen molar-refractivity contribution in [3.05, 3.63) is 69.1 Å². The number of thioether (sulfide) groups is 1. The van der Waals surface area contributed by atoms with Crippen molar-refractivity contribution in [2.45, 2.75) is 69.6 Å². The Labute approximate surface area is 315 Å². The van der Waals surface area contributed by atoms with Gasteiger partial charge < -0.3 is 25.9 Å². The Morgan fingerprint density at radius 1 is 1.19 bits per heavy atom. The molecule has 0 spiro atoms. The first-order valence-electron chi connectivity index (χ1n) is 16.8. The van der Waals surface area contributed by atoms with E-state index in [1.54, 1.807) is 40.2 Å². The van der Waals surface area contributed by atoms with E-state index in [1.165, 1.54) is 23.1 Å². The second-order valence-electron chi connectivity index (χ2n) is 12.8. The molecule has 0 radical (unpaired) electrons. The summed E-state index contributed by atoms with van der Waals surface area (Å²) in [5.41, 5.74) is 7.32. The minimum absolute atomic E-state index is 0.0771. The first kappa shape index (κ1) is 36.2. The van der Waals surface area contributed by atoms with Crippen molar-refractivity contribution in [2.24, 2.45) is 5.16 Å². The van der Waals surface area contributed by atoms with E-state index in [4.69, 9.17) is 10.6 Å². The number of likely N-dealkylation sites (tertiary alicyclic amines) is 1. The molecule has 276 valence electrons. The van der Waals surface area contributed by atoms with Gasteiger partial charge in [-0.15, -0.1) is 33.3 Å². The lowest BCUT2D eigenvalue weighted by Gasteiger charge is -2.49. The fourth-order valence-electron chi connectivity index (χ4n) is 6.44. The van der Waals surface area contributed by atoms with Gasteiger partial charge in [0.25, 0.3) is 17.7 Å². The molecule has 17 nitrogen and oxygen atoms in total. The monoisotopic (exact) mass is 779 g/mol. The van der Waals surface area contributed by atoms with Crippen LogP contribution in [0, 0.1) is 6.92 Å². The number of rotatable bonds is 12. The number of fused-ring (bicyclic) bond motifs is 1.